The number of ether oxygens (including phenoxy) is 1. The number of carbonyl (C=O) groups excluding carboxylic acids is 3. The van der Waals surface area contributed by atoms with Crippen molar-refractivity contribution >= 4 is 67.9 Å². The van der Waals surface area contributed by atoms with Crippen LogP contribution in [0.1, 0.15) is 22.8 Å². The zero-order valence-electron chi connectivity index (χ0n) is 23.7. The van der Waals surface area contributed by atoms with Crippen LogP contribution >= 0.6 is 23.1 Å². The molecule has 1 unspecified atom stereocenters. The van der Waals surface area contributed by atoms with E-state index in [1.807, 2.05) is 30.3 Å². The summed E-state index contributed by atoms with van der Waals surface area (Å²) < 4.78 is 6.34. The molecule has 0 saturated carbocycles. The summed E-state index contributed by atoms with van der Waals surface area (Å²) in [5.74, 6) is -0.924. The fourth-order valence-electron chi connectivity index (χ4n) is 4.15. The van der Waals surface area contributed by atoms with Crippen LogP contribution in [0.15, 0.2) is 108 Å². The van der Waals surface area contributed by atoms with E-state index in [9.17, 15) is 19.5 Å². The Morgan fingerprint density at radius 3 is 2.48 bits per heavy atom. The average molecular weight is 625 g/mol. The first kappa shape index (κ1) is 30.3. The largest absolute Gasteiger partial charge is 0.508 e. The van der Waals surface area contributed by atoms with Gasteiger partial charge in [0.1, 0.15) is 17.2 Å². The van der Waals surface area contributed by atoms with Gasteiger partial charge in [-0.2, -0.15) is 0 Å². The van der Waals surface area contributed by atoms with Crippen LogP contribution in [0.25, 0.3) is 16.3 Å². The van der Waals surface area contributed by atoms with Crippen LogP contribution in [-0.4, -0.2) is 40.2 Å². The van der Waals surface area contributed by atoms with E-state index in [-0.39, 0.29) is 17.4 Å². The highest BCUT2D eigenvalue weighted by Gasteiger charge is 2.19. The van der Waals surface area contributed by atoms with Gasteiger partial charge in [0, 0.05) is 27.8 Å². The number of benzene rings is 4. The average Bonchev–Trinajstić information content (AvgIpc) is 3.44. The van der Waals surface area contributed by atoms with Gasteiger partial charge >= 0.3 is 0 Å². The molecule has 1 atom stereocenters. The quantitative estimate of drug-likeness (QED) is 0.103. The zero-order chi connectivity index (χ0) is 31.1. The predicted octanol–water partition coefficient (Wildman–Crippen LogP) is 6.54. The first-order valence-corrected chi connectivity index (χ1v) is 15.2. The molecule has 0 saturated heterocycles. The number of phenols is 1. The lowest BCUT2D eigenvalue weighted by Gasteiger charge is -2.14. The normalized spacial score (nSPS) is 11.9. The summed E-state index contributed by atoms with van der Waals surface area (Å²) in [6.45, 7) is 1.80. The van der Waals surface area contributed by atoms with E-state index < -0.39 is 17.1 Å². The first-order valence-electron chi connectivity index (χ1n) is 13.5. The lowest BCUT2D eigenvalue weighted by atomic mass is 10.1. The van der Waals surface area contributed by atoms with E-state index >= 15 is 0 Å². The summed E-state index contributed by atoms with van der Waals surface area (Å²) in [5, 5.41) is 18.3. The van der Waals surface area contributed by atoms with Crippen molar-refractivity contribution in [3.8, 4) is 11.5 Å². The molecule has 0 spiro atoms. The lowest BCUT2D eigenvalue weighted by molar-refractivity contribution is -0.115. The summed E-state index contributed by atoms with van der Waals surface area (Å²) >= 11 is 2.75. The second kappa shape index (κ2) is 13.9. The van der Waals surface area contributed by atoms with Crippen LogP contribution < -0.4 is 20.7 Å². The van der Waals surface area contributed by atoms with Crippen LogP contribution in [0, 0.1) is 0 Å². The number of hydrogen-bond acceptors (Lipinski definition) is 8. The lowest BCUT2D eigenvalue weighted by Crippen LogP contribution is -2.30. The van der Waals surface area contributed by atoms with Crippen molar-refractivity contribution < 1.29 is 24.2 Å². The number of nitrogens with one attached hydrogen (secondary N) is 3. The topological polar surface area (TPSA) is 130 Å². The first-order chi connectivity index (χ1) is 21.3. The Hall–Kier alpha value is -5.13. The molecule has 9 nitrogen and oxygen atoms in total. The van der Waals surface area contributed by atoms with Crippen molar-refractivity contribution in [2.24, 2.45) is 0 Å². The summed E-state index contributed by atoms with van der Waals surface area (Å²) in [6.07, 6.45) is 1.47. The highest BCUT2D eigenvalue weighted by atomic mass is 32.2. The molecule has 5 aromatic rings. The molecule has 5 rings (SSSR count). The fourth-order valence-corrected chi connectivity index (χ4v) is 5.95. The number of fused-ring (bicyclic) bond motifs is 1. The van der Waals surface area contributed by atoms with Crippen molar-refractivity contribution in [1.82, 2.24) is 10.3 Å². The summed E-state index contributed by atoms with van der Waals surface area (Å²) in [5.41, 5.74) is 2.11. The standard InChI is InChI=1S/C33H28N4O5S2/c1-20(30(39)37-33-36-26-13-6-7-14-29(26)44-33)43-25-12-8-11-23(18-25)34-32(41)27(35-31(40)21-9-4-3-5-10-21)17-22-15-16-24(38)19-28(22)42-2/h3-20,38H,1-2H3,(H,34,41)(H,35,40)(H,36,37,39)/b27-17+. The molecule has 0 radical (unpaired) electrons. The second-order valence-corrected chi connectivity index (χ2v) is 12.0. The summed E-state index contributed by atoms with van der Waals surface area (Å²) in [4.78, 5) is 44.6. The van der Waals surface area contributed by atoms with Gasteiger partial charge in [-0.15, -0.1) is 11.8 Å². The molecule has 3 amide bonds. The molecule has 4 N–H and O–H groups in total. The van der Waals surface area contributed by atoms with Crippen LogP contribution in [0.4, 0.5) is 10.8 Å². The molecular weight excluding hydrogens is 597 g/mol. The Morgan fingerprint density at radius 1 is 0.932 bits per heavy atom. The van der Waals surface area contributed by atoms with Gasteiger partial charge in [-0.05, 0) is 67.6 Å². The summed E-state index contributed by atoms with van der Waals surface area (Å²) in [7, 11) is 1.44. The van der Waals surface area contributed by atoms with Crippen LogP contribution in [0.3, 0.4) is 0 Å². The molecule has 0 aliphatic carbocycles. The number of anilines is 2. The highest BCUT2D eigenvalue weighted by Crippen LogP contribution is 2.30. The Balaban J connectivity index is 1.31. The molecule has 222 valence electrons. The minimum Gasteiger partial charge on any atom is -0.508 e. The number of thioether (sulfide) groups is 1. The number of phenolic OH excluding ortho intramolecular Hbond substituents is 1. The number of thiazole rings is 1. The third-order valence-corrected chi connectivity index (χ3v) is 8.39. The van der Waals surface area contributed by atoms with E-state index in [0.29, 0.717) is 27.7 Å². The van der Waals surface area contributed by atoms with E-state index in [2.05, 4.69) is 20.9 Å². The second-order valence-electron chi connectivity index (χ2n) is 9.52. The molecule has 0 bridgehead atoms. The molecular formula is C33H28N4O5S2. The molecule has 4 aromatic carbocycles. The van der Waals surface area contributed by atoms with Gasteiger partial charge in [-0.25, -0.2) is 4.98 Å². The van der Waals surface area contributed by atoms with Crippen LogP contribution in [0.5, 0.6) is 11.5 Å². The van der Waals surface area contributed by atoms with E-state index in [1.165, 1.54) is 48.4 Å². The van der Waals surface area contributed by atoms with Crippen molar-refractivity contribution in [2.45, 2.75) is 17.1 Å². The highest BCUT2D eigenvalue weighted by molar-refractivity contribution is 8.00. The van der Waals surface area contributed by atoms with E-state index in [4.69, 9.17) is 4.74 Å². The molecule has 11 heteroatoms. The zero-order valence-corrected chi connectivity index (χ0v) is 25.4. The third-order valence-electron chi connectivity index (χ3n) is 6.34. The Labute approximate surface area is 262 Å². The number of rotatable bonds is 10. The number of amides is 3. The number of hydrogen-bond donors (Lipinski definition) is 4. The molecule has 1 heterocycles. The Kier molecular flexibility index (Phi) is 9.58. The van der Waals surface area contributed by atoms with Gasteiger partial charge in [0.15, 0.2) is 5.13 Å². The van der Waals surface area contributed by atoms with E-state index in [0.717, 1.165) is 15.1 Å². The predicted molar refractivity (Wildman–Crippen MR) is 175 cm³/mol. The SMILES string of the molecule is COc1cc(O)ccc1/C=C(/NC(=O)c1ccccc1)C(=O)Nc1cccc(SC(C)C(=O)Nc2nc3ccccc3s2)c1. The molecule has 1 aromatic heterocycles. The maximum absolute atomic E-state index is 13.5. The number of para-hydroxylation sites is 1. The van der Waals surface area contributed by atoms with Crippen molar-refractivity contribution in [3.05, 3.63) is 114 Å². The van der Waals surface area contributed by atoms with Crippen molar-refractivity contribution in [2.75, 3.05) is 17.7 Å². The molecule has 0 aliphatic rings. The number of carbonyl (C=O) groups is 3. The minimum absolute atomic E-state index is 0.00405. The van der Waals surface area contributed by atoms with Crippen molar-refractivity contribution in [1.29, 1.82) is 0 Å². The Morgan fingerprint density at radius 2 is 1.70 bits per heavy atom. The van der Waals surface area contributed by atoms with E-state index in [1.54, 1.807) is 61.5 Å². The van der Waals surface area contributed by atoms with Crippen LogP contribution in [-0.2, 0) is 9.59 Å². The minimum atomic E-state index is -0.576. The molecule has 0 fully saturated rings. The number of nitrogens with zero attached hydrogens (tertiary/aromatic N) is 1. The van der Waals surface area contributed by atoms with Crippen molar-refractivity contribution in [3.63, 3.8) is 0 Å². The number of methoxy groups -OCH3 is 1. The monoisotopic (exact) mass is 624 g/mol. The third kappa shape index (κ3) is 7.63. The van der Waals surface area contributed by atoms with Gasteiger partial charge in [0.25, 0.3) is 11.8 Å². The Bertz CT molecular complexity index is 1820. The van der Waals surface area contributed by atoms with Gasteiger partial charge in [-0.3, -0.25) is 14.4 Å². The fraction of sp³-hybridized carbons (Fsp3) is 0.0909. The number of aromatic nitrogens is 1. The maximum atomic E-state index is 13.5. The smallest absolute Gasteiger partial charge is 0.272 e. The summed E-state index contributed by atoms with van der Waals surface area (Å²) in [6, 6.07) is 27.7. The molecule has 0 aliphatic heterocycles. The van der Waals surface area contributed by atoms with Gasteiger partial charge in [-0.1, -0.05) is 47.7 Å². The number of aromatic hydroxyl groups is 1. The van der Waals surface area contributed by atoms with Gasteiger partial charge in [0.2, 0.25) is 5.91 Å². The van der Waals surface area contributed by atoms with Crippen LogP contribution in [0.2, 0.25) is 0 Å². The maximum Gasteiger partial charge on any atom is 0.272 e. The van der Waals surface area contributed by atoms with Gasteiger partial charge in [0.05, 0.1) is 22.6 Å². The van der Waals surface area contributed by atoms with Gasteiger partial charge < -0.3 is 25.8 Å². The molecule has 44 heavy (non-hydrogen) atoms.